The van der Waals surface area contributed by atoms with E-state index in [0.717, 1.165) is 19.4 Å². The van der Waals surface area contributed by atoms with Crippen LogP contribution in [0.25, 0.3) is 0 Å². The van der Waals surface area contributed by atoms with Crippen molar-refractivity contribution < 1.29 is 9.53 Å². The van der Waals surface area contributed by atoms with Gasteiger partial charge in [-0.1, -0.05) is 11.6 Å². The molecular weight excluding hydrogens is 252 g/mol. The molecule has 1 fully saturated rings. The molecule has 0 bridgehead atoms. The van der Waals surface area contributed by atoms with Gasteiger partial charge in [0.1, 0.15) is 0 Å². The zero-order valence-corrected chi connectivity index (χ0v) is 11.0. The first-order valence-electron chi connectivity index (χ1n) is 6.05. The van der Waals surface area contributed by atoms with Crippen molar-refractivity contribution in [2.45, 2.75) is 31.9 Å². The van der Waals surface area contributed by atoms with Crippen molar-refractivity contribution in [3.8, 4) is 0 Å². The molecule has 98 valence electrons. The van der Waals surface area contributed by atoms with Crippen LogP contribution in [-0.2, 0) is 4.74 Å². The second-order valence-corrected chi connectivity index (χ2v) is 4.96. The summed E-state index contributed by atoms with van der Waals surface area (Å²) in [6.45, 7) is 2.73. The number of ether oxygens (including phenoxy) is 1. The third-order valence-corrected chi connectivity index (χ3v) is 3.47. The zero-order chi connectivity index (χ0) is 13.1. The van der Waals surface area contributed by atoms with E-state index >= 15 is 0 Å². The maximum Gasteiger partial charge on any atom is 0.251 e. The van der Waals surface area contributed by atoms with Crippen LogP contribution in [0.4, 0.5) is 5.69 Å². The molecule has 1 saturated heterocycles. The number of nitrogen functional groups attached to an aromatic ring is 1. The van der Waals surface area contributed by atoms with Gasteiger partial charge < -0.3 is 15.8 Å². The molecule has 1 aliphatic heterocycles. The minimum absolute atomic E-state index is 0.00340. The summed E-state index contributed by atoms with van der Waals surface area (Å²) in [7, 11) is 0. The van der Waals surface area contributed by atoms with Crippen LogP contribution < -0.4 is 11.1 Å². The summed E-state index contributed by atoms with van der Waals surface area (Å²) in [5.41, 5.74) is 6.59. The van der Waals surface area contributed by atoms with Crippen LogP contribution in [-0.4, -0.2) is 24.7 Å². The molecule has 5 heteroatoms. The number of hydrogen-bond donors (Lipinski definition) is 2. The Labute approximate surface area is 111 Å². The standard InChI is InChI=1S/C13H17ClN2O2/c1-8(12-3-2-6-18-12)16-13(17)9-4-5-11(15)10(14)7-9/h4-5,7-8,12H,2-3,6,15H2,1H3,(H,16,17). The maximum absolute atomic E-state index is 12.0. The largest absolute Gasteiger partial charge is 0.398 e. The summed E-state index contributed by atoms with van der Waals surface area (Å²) in [4.78, 5) is 12.0. The Morgan fingerprint density at radius 3 is 3.00 bits per heavy atom. The lowest BCUT2D eigenvalue weighted by Crippen LogP contribution is -2.40. The third kappa shape index (κ3) is 2.94. The lowest BCUT2D eigenvalue weighted by atomic mass is 10.1. The Hall–Kier alpha value is -1.26. The van der Waals surface area contributed by atoms with Crippen molar-refractivity contribution in [3.05, 3.63) is 28.8 Å². The Morgan fingerprint density at radius 1 is 1.61 bits per heavy atom. The number of amides is 1. The Balaban J connectivity index is 2.00. The Morgan fingerprint density at radius 2 is 2.39 bits per heavy atom. The van der Waals surface area contributed by atoms with Gasteiger partial charge in [0, 0.05) is 12.2 Å². The van der Waals surface area contributed by atoms with E-state index in [2.05, 4.69) is 5.32 Å². The number of rotatable bonds is 3. The van der Waals surface area contributed by atoms with E-state index < -0.39 is 0 Å². The van der Waals surface area contributed by atoms with Crippen LogP contribution in [0.5, 0.6) is 0 Å². The second kappa shape index (κ2) is 5.59. The van der Waals surface area contributed by atoms with Crippen LogP contribution in [0.15, 0.2) is 18.2 Å². The first-order chi connectivity index (χ1) is 8.58. The average Bonchev–Trinajstić information content (AvgIpc) is 2.86. The molecule has 3 N–H and O–H groups in total. The minimum Gasteiger partial charge on any atom is -0.398 e. The third-order valence-electron chi connectivity index (χ3n) is 3.14. The molecule has 1 aliphatic rings. The summed E-state index contributed by atoms with van der Waals surface area (Å²) in [5, 5.41) is 3.32. The first-order valence-corrected chi connectivity index (χ1v) is 6.43. The molecule has 2 unspecified atom stereocenters. The van der Waals surface area contributed by atoms with Crippen molar-refractivity contribution in [3.63, 3.8) is 0 Å². The van der Waals surface area contributed by atoms with Crippen LogP contribution in [0.1, 0.15) is 30.1 Å². The number of benzene rings is 1. The van der Waals surface area contributed by atoms with Gasteiger partial charge in [-0.2, -0.15) is 0 Å². The lowest BCUT2D eigenvalue weighted by Gasteiger charge is -2.20. The zero-order valence-electron chi connectivity index (χ0n) is 10.3. The van der Waals surface area contributed by atoms with Crippen molar-refractivity contribution in [1.82, 2.24) is 5.32 Å². The highest BCUT2D eigenvalue weighted by Crippen LogP contribution is 2.20. The van der Waals surface area contributed by atoms with Crippen molar-refractivity contribution >= 4 is 23.2 Å². The predicted molar refractivity (Wildman–Crippen MR) is 71.8 cm³/mol. The molecule has 1 aromatic carbocycles. The highest BCUT2D eigenvalue weighted by atomic mass is 35.5. The Kier molecular flexibility index (Phi) is 4.09. The van der Waals surface area contributed by atoms with Crippen molar-refractivity contribution in [2.24, 2.45) is 0 Å². The number of anilines is 1. The summed E-state index contributed by atoms with van der Waals surface area (Å²) in [6.07, 6.45) is 2.15. The van der Waals surface area contributed by atoms with Gasteiger partial charge in [0.25, 0.3) is 5.91 Å². The molecule has 0 radical (unpaired) electrons. The monoisotopic (exact) mass is 268 g/mol. The van der Waals surface area contributed by atoms with Gasteiger partial charge in [0.2, 0.25) is 0 Å². The number of nitrogens with one attached hydrogen (secondary N) is 1. The molecule has 1 aromatic rings. The fraction of sp³-hybridized carbons (Fsp3) is 0.462. The summed E-state index contributed by atoms with van der Waals surface area (Å²) in [6, 6.07) is 4.87. The molecule has 0 spiro atoms. The molecule has 2 rings (SSSR count). The van der Waals surface area contributed by atoms with Gasteiger partial charge >= 0.3 is 0 Å². The molecule has 1 amide bonds. The molecule has 0 saturated carbocycles. The highest BCUT2D eigenvalue weighted by molar-refractivity contribution is 6.33. The van der Waals surface area contributed by atoms with Gasteiger partial charge in [0.05, 0.1) is 22.9 Å². The van der Waals surface area contributed by atoms with Gasteiger partial charge in [-0.05, 0) is 38.0 Å². The van der Waals surface area contributed by atoms with E-state index in [1.54, 1.807) is 18.2 Å². The van der Waals surface area contributed by atoms with E-state index in [9.17, 15) is 4.79 Å². The average molecular weight is 269 g/mol. The first kappa shape index (κ1) is 13.2. The van der Waals surface area contributed by atoms with E-state index in [1.165, 1.54) is 0 Å². The van der Waals surface area contributed by atoms with Crippen LogP contribution in [0.2, 0.25) is 5.02 Å². The summed E-state index contributed by atoms with van der Waals surface area (Å²) >= 11 is 5.89. The number of halogens is 1. The smallest absolute Gasteiger partial charge is 0.251 e. The minimum atomic E-state index is -0.153. The molecule has 0 aromatic heterocycles. The number of carbonyl (C=O) groups is 1. The van der Waals surface area contributed by atoms with Crippen LogP contribution in [0, 0.1) is 0 Å². The maximum atomic E-state index is 12.0. The van der Waals surface area contributed by atoms with Gasteiger partial charge in [0.15, 0.2) is 0 Å². The molecule has 0 aliphatic carbocycles. The highest BCUT2D eigenvalue weighted by Gasteiger charge is 2.24. The van der Waals surface area contributed by atoms with Gasteiger partial charge in [-0.3, -0.25) is 4.79 Å². The lowest BCUT2D eigenvalue weighted by molar-refractivity contribution is 0.0712. The molecule has 18 heavy (non-hydrogen) atoms. The van der Waals surface area contributed by atoms with Crippen LogP contribution in [0.3, 0.4) is 0 Å². The van der Waals surface area contributed by atoms with Crippen LogP contribution >= 0.6 is 11.6 Å². The number of carbonyl (C=O) groups excluding carboxylic acids is 1. The van der Waals surface area contributed by atoms with Crippen molar-refractivity contribution in [1.29, 1.82) is 0 Å². The molecule has 1 heterocycles. The van der Waals surface area contributed by atoms with Gasteiger partial charge in [-0.15, -0.1) is 0 Å². The fourth-order valence-electron chi connectivity index (χ4n) is 2.05. The number of nitrogens with two attached hydrogens (primary N) is 1. The topological polar surface area (TPSA) is 64.4 Å². The number of hydrogen-bond acceptors (Lipinski definition) is 3. The Bertz CT molecular complexity index is 445. The van der Waals surface area contributed by atoms with Crippen molar-refractivity contribution in [2.75, 3.05) is 12.3 Å². The fourth-order valence-corrected chi connectivity index (χ4v) is 2.23. The molecule has 4 nitrogen and oxygen atoms in total. The van der Waals surface area contributed by atoms with Gasteiger partial charge in [-0.25, -0.2) is 0 Å². The van der Waals surface area contributed by atoms with E-state index in [0.29, 0.717) is 16.3 Å². The second-order valence-electron chi connectivity index (χ2n) is 4.55. The molecular formula is C13H17ClN2O2. The quantitative estimate of drug-likeness (QED) is 0.826. The SMILES string of the molecule is CC(NC(=O)c1ccc(N)c(Cl)c1)C1CCCO1. The predicted octanol–water partition coefficient (Wildman–Crippen LogP) is 2.22. The van der Waals surface area contributed by atoms with E-state index in [1.807, 2.05) is 6.92 Å². The van der Waals surface area contributed by atoms with E-state index in [4.69, 9.17) is 22.1 Å². The summed E-state index contributed by atoms with van der Waals surface area (Å²) < 4.78 is 5.53. The molecule has 2 atom stereocenters. The van der Waals surface area contributed by atoms with E-state index in [-0.39, 0.29) is 18.1 Å². The summed E-state index contributed by atoms with van der Waals surface area (Å²) in [5.74, 6) is -0.153. The normalized spacial score (nSPS) is 20.7.